The maximum absolute atomic E-state index is 13.1. The van der Waals surface area contributed by atoms with E-state index in [0.717, 1.165) is 12.1 Å². The molecule has 2 aromatic carbocycles. The molecule has 1 unspecified atom stereocenters. The average Bonchev–Trinajstić information content (AvgIpc) is 2.32. The highest BCUT2D eigenvalue weighted by Crippen LogP contribution is 2.24. The van der Waals surface area contributed by atoms with Gasteiger partial charge in [0.25, 0.3) is 0 Å². The molecule has 1 nitrogen and oxygen atoms in total. The summed E-state index contributed by atoms with van der Waals surface area (Å²) in [5, 5.41) is 0. The highest BCUT2D eigenvalue weighted by atomic mass is 19.2. The van der Waals surface area contributed by atoms with E-state index >= 15 is 0 Å². The Morgan fingerprint density at radius 2 is 1.67 bits per heavy atom. The molecule has 2 aromatic rings. The van der Waals surface area contributed by atoms with Crippen molar-refractivity contribution in [3.8, 4) is 0 Å². The van der Waals surface area contributed by atoms with Crippen LogP contribution in [0.5, 0.6) is 0 Å². The first kappa shape index (κ1) is 12.6. The van der Waals surface area contributed by atoms with Gasteiger partial charge in [-0.15, -0.1) is 0 Å². The summed E-state index contributed by atoms with van der Waals surface area (Å²) in [7, 11) is 0. The van der Waals surface area contributed by atoms with Gasteiger partial charge in [0.2, 0.25) is 0 Å². The van der Waals surface area contributed by atoms with Gasteiger partial charge in [-0.25, -0.2) is 13.2 Å². The minimum atomic E-state index is -0.942. The zero-order valence-electron chi connectivity index (χ0n) is 9.75. The Labute approximate surface area is 103 Å². The van der Waals surface area contributed by atoms with Crippen molar-refractivity contribution in [1.29, 1.82) is 0 Å². The third kappa shape index (κ3) is 2.38. The molecule has 0 spiro atoms. The SMILES string of the molecule is Cc1cc(F)ccc1C(N)c1ccc(F)c(F)c1. The Kier molecular flexibility index (Phi) is 3.39. The third-order valence-electron chi connectivity index (χ3n) is 2.87. The van der Waals surface area contributed by atoms with Crippen LogP contribution in [0.4, 0.5) is 13.2 Å². The van der Waals surface area contributed by atoms with Crippen LogP contribution < -0.4 is 5.73 Å². The fourth-order valence-corrected chi connectivity index (χ4v) is 1.87. The first-order chi connectivity index (χ1) is 8.49. The number of nitrogens with two attached hydrogens (primary N) is 1. The third-order valence-corrected chi connectivity index (χ3v) is 2.87. The topological polar surface area (TPSA) is 26.0 Å². The fraction of sp³-hybridized carbons (Fsp3) is 0.143. The number of hydrogen-bond donors (Lipinski definition) is 1. The average molecular weight is 251 g/mol. The second-order valence-corrected chi connectivity index (χ2v) is 4.15. The van der Waals surface area contributed by atoms with E-state index in [2.05, 4.69) is 0 Å². The number of halogens is 3. The standard InChI is InChI=1S/C14H12F3N/c1-8-6-10(15)3-4-11(8)14(18)9-2-5-12(16)13(17)7-9/h2-7,14H,18H2,1H3. The summed E-state index contributed by atoms with van der Waals surface area (Å²) >= 11 is 0. The van der Waals surface area contributed by atoms with Crippen molar-refractivity contribution in [2.45, 2.75) is 13.0 Å². The number of aryl methyl sites for hydroxylation is 1. The lowest BCUT2D eigenvalue weighted by molar-refractivity contribution is 0.506. The molecular formula is C14H12F3N. The molecule has 0 saturated heterocycles. The van der Waals surface area contributed by atoms with Gasteiger partial charge in [0.05, 0.1) is 6.04 Å². The summed E-state index contributed by atoms with van der Waals surface area (Å²) in [6, 6.07) is 7.10. The molecule has 0 aliphatic carbocycles. The molecule has 0 bridgehead atoms. The van der Waals surface area contributed by atoms with Gasteiger partial charge in [0.15, 0.2) is 11.6 Å². The molecule has 2 rings (SSSR count). The zero-order valence-corrected chi connectivity index (χ0v) is 9.75. The molecule has 0 heterocycles. The van der Waals surface area contributed by atoms with Crippen LogP contribution in [-0.4, -0.2) is 0 Å². The van der Waals surface area contributed by atoms with Crippen molar-refractivity contribution in [1.82, 2.24) is 0 Å². The Balaban J connectivity index is 2.41. The van der Waals surface area contributed by atoms with Gasteiger partial charge in [0, 0.05) is 0 Å². The second-order valence-electron chi connectivity index (χ2n) is 4.15. The van der Waals surface area contributed by atoms with E-state index in [4.69, 9.17) is 5.73 Å². The van der Waals surface area contributed by atoms with E-state index < -0.39 is 17.7 Å². The van der Waals surface area contributed by atoms with Gasteiger partial charge < -0.3 is 5.73 Å². The molecular weight excluding hydrogens is 239 g/mol. The molecule has 0 radical (unpaired) electrons. The van der Waals surface area contributed by atoms with Crippen molar-refractivity contribution < 1.29 is 13.2 Å². The Morgan fingerprint density at radius 3 is 2.28 bits per heavy atom. The van der Waals surface area contributed by atoms with Crippen LogP contribution in [0.25, 0.3) is 0 Å². The molecule has 2 N–H and O–H groups in total. The van der Waals surface area contributed by atoms with Gasteiger partial charge in [-0.1, -0.05) is 12.1 Å². The summed E-state index contributed by atoms with van der Waals surface area (Å²) in [4.78, 5) is 0. The first-order valence-electron chi connectivity index (χ1n) is 5.45. The van der Waals surface area contributed by atoms with Crippen molar-refractivity contribution >= 4 is 0 Å². The van der Waals surface area contributed by atoms with Crippen LogP contribution in [-0.2, 0) is 0 Å². The van der Waals surface area contributed by atoms with E-state index in [1.807, 2.05) is 0 Å². The molecule has 0 aromatic heterocycles. The Hall–Kier alpha value is -1.81. The van der Waals surface area contributed by atoms with E-state index in [0.29, 0.717) is 16.7 Å². The number of hydrogen-bond acceptors (Lipinski definition) is 1. The van der Waals surface area contributed by atoms with Crippen molar-refractivity contribution in [2.24, 2.45) is 5.73 Å². The predicted molar refractivity (Wildman–Crippen MR) is 63.5 cm³/mol. The summed E-state index contributed by atoms with van der Waals surface area (Å²) in [6.07, 6.45) is 0. The highest BCUT2D eigenvalue weighted by molar-refractivity contribution is 5.37. The normalized spacial score (nSPS) is 12.5. The molecule has 18 heavy (non-hydrogen) atoms. The summed E-state index contributed by atoms with van der Waals surface area (Å²) < 4.78 is 38.9. The fourth-order valence-electron chi connectivity index (χ4n) is 1.87. The quantitative estimate of drug-likeness (QED) is 0.869. The summed E-state index contributed by atoms with van der Waals surface area (Å²) in [5.41, 5.74) is 7.78. The smallest absolute Gasteiger partial charge is 0.159 e. The van der Waals surface area contributed by atoms with Crippen LogP contribution in [0, 0.1) is 24.4 Å². The van der Waals surface area contributed by atoms with Gasteiger partial charge in [-0.05, 0) is 47.9 Å². The van der Waals surface area contributed by atoms with Crippen LogP contribution in [0.3, 0.4) is 0 Å². The van der Waals surface area contributed by atoms with E-state index in [-0.39, 0.29) is 5.82 Å². The van der Waals surface area contributed by atoms with E-state index in [9.17, 15) is 13.2 Å². The molecule has 0 aliphatic heterocycles. The largest absolute Gasteiger partial charge is 0.320 e. The Bertz CT molecular complexity index is 581. The minimum absolute atomic E-state index is 0.353. The summed E-state index contributed by atoms with van der Waals surface area (Å²) in [5.74, 6) is -2.21. The molecule has 0 amide bonds. The lowest BCUT2D eigenvalue weighted by atomic mass is 9.95. The van der Waals surface area contributed by atoms with Crippen LogP contribution >= 0.6 is 0 Å². The van der Waals surface area contributed by atoms with Gasteiger partial charge in [-0.3, -0.25) is 0 Å². The molecule has 0 saturated carbocycles. The van der Waals surface area contributed by atoms with Gasteiger partial charge in [-0.2, -0.15) is 0 Å². The molecule has 1 atom stereocenters. The van der Waals surface area contributed by atoms with E-state index in [1.165, 1.54) is 18.2 Å². The molecule has 94 valence electrons. The molecule has 4 heteroatoms. The Morgan fingerprint density at radius 1 is 0.944 bits per heavy atom. The second kappa shape index (κ2) is 4.82. The van der Waals surface area contributed by atoms with Crippen molar-refractivity contribution in [3.05, 3.63) is 70.5 Å². The van der Waals surface area contributed by atoms with Crippen LogP contribution in [0.1, 0.15) is 22.7 Å². The lowest BCUT2D eigenvalue weighted by Crippen LogP contribution is -2.14. The minimum Gasteiger partial charge on any atom is -0.320 e. The molecule has 0 aliphatic rings. The highest BCUT2D eigenvalue weighted by Gasteiger charge is 2.14. The van der Waals surface area contributed by atoms with Gasteiger partial charge >= 0.3 is 0 Å². The maximum Gasteiger partial charge on any atom is 0.159 e. The van der Waals surface area contributed by atoms with E-state index in [1.54, 1.807) is 13.0 Å². The first-order valence-corrected chi connectivity index (χ1v) is 5.45. The monoisotopic (exact) mass is 251 g/mol. The zero-order chi connectivity index (χ0) is 13.3. The lowest BCUT2D eigenvalue weighted by Gasteiger charge is -2.15. The summed E-state index contributed by atoms with van der Waals surface area (Å²) in [6.45, 7) is 1.72. The number of rotatable bonds is 2. The van der Waals surface area contributed by atoms with Crippen LogP contribution in [0.15, 0.2) is 36.4 Å². The number of benzene rings is 2. The van der Waals surface area contributed by atoms with Crippen molar-refractivity contribution in [2.75, 3.05) is 0 Å². The van der Waals surface area contributed by atoms with Crippen LogP contribution in [0.2, 0.25) is 0 Å². The van der Waals surface area contributed by atoms with Gasteiger partial charge in [0.1, 0.15) is 5.82 Å². The van der Waals surface area contributed by atoms with Crippen molar-refractivity contribution in [3.63, 3.8) is 0 Å². The maximum atomic E-state index is 13.1. The predicted octanol–water partition coefficient (Wildman–Crippen LogP) is 3.46. The molecule has 0 fully saturated rings.